The minimum atomic E-state index is -0.831. The third-order valence-electron chi connectivity index (χ3n) is 2.11. The van der Waals surface area contributed by atoms with E-state index in [4.69, 9.17) is 4.74 Å². The van der Waals surface area contributed by atoms with Crippen LogP contribution in [0.1, 0.15) is 0 Å². The third-order valence-corrected chi connectivity index (χ3v) is 2.11. The van der Waals surface area contributed by atoms with Gasteiger partial charge in [-0.3, -0.25) is 0 Å². The van der Waals surface area contributed by atoms with Gasteiger partial charge in [0.05, 0.1) is 7.11 Å². The molecule has 0 radical (unpaired) electrons. The number of rotatable bonds is 1. The Labute approximate surface area is 79.9 Å². The van der Waals surface area contributed by atoms with Crippen LogP contribution in [0.25, 0.3) is 10.8 Å². The van der Waals surface area contributed by atoms with Crippen LogP contribution in [0, 0.1) is 11.6 Å². The highest BCUT2D eigenvalue weighted by Crippen LogP contribution is 2.24. The Morgan fingerprint density at radius 3 is 2.57 bits per heavy atom. The molecule has 1 nitrogen and oxygen atoms in total. The normalized spacial score (nSPS) is 10.5. The number of methoxy groups -OCH3 is 1. The van der Waals surface area contributed by atoms with E-state index in [2.05, 4.69) is 0 Å². The fourth-order valence-corrected chi connectivity index (χ4v) is 1.37. The molecule has 0 fully saturated rings. The van der Waals surface area contributed by atoms with Crippen molar-refractivity contribution < 1.29 is 13.5 Å². The minimum absolute atomic E-state index is 0.269. The summed E-state index contributed by atoms with van der Waals surface area (Å²) < 4.78 is 31.0. The third kappa shape index (κ3) is 1.31. The van der Waals surface area contributed by atoms with Gasteiger partial charge >= 0.3 is 0 Å². The van der Waals surface area contributed by atoms with Crippen molar-refractivity contribution in [1.29, 1.82) is 0 Å². The summed E-state index contributed by atoms with van der Waals surface area (Å²) in [7, 11) is 1.53. The molecule has 3 heteroatoms. The standard InChI is InChI=1S/C11H8F2O/c1-14-8-3-4-9-7(6-8)2-5-10(12)11(9)13/h2-6H,1H3. The maximum atomic E-state index is 13.2. The molecule has 2 aromatic carbocycles. The second-order valence-corrected chi connectivity index (χ2v) is 2.95. The molecule has 2 rings (SSSR count). The zero-order valence-electron chi connectivity index (χ0n) is 7.55. The number of hydrogen-bond donors (Lipinski definition) is 0. The number of hydrogen-bond acceptors (Lipinski definition) is 1. The van der Waals surface area contributed by atoms with E-state index in [1.165, 1.54) is 19.2 Å². The smallest absolute Gasteiger partial charge is 0.166 e. The van der Waals surface area contributed by atoms with Crippen LogP contribution < -0.4 is 4.74 Å². The van der Waals surface area contributed by atoms with Crippen molar-refractivity contribution in [2.45, 2.75) is 0 Å². The van der Waals surface area contributed by atoms with E-state index < -0.39 is 11.6 Å². The van der Waals surface area contributed by atoms with Crippen molar-refractivity contribution in [3.05, 3.63) is 42.0 Å². The van der Waals surface area contributed by atoms with Crippen molar-refractivity contribution in [2.75, 3.05) is 7.11 Å². The van der Waals surface area contributed by atoms with Gasteiger partial charge in [0.2, 0.25) is 0 Å². The Morgan fingerprint density at radius 2 is 1.86 bits per heavy atom. The zero-order chi connectivity index (χ0) is 10.1. The summed E-state index contributed by atoms with van der Waals surface area (Å²) in [5, 5.41) is 0.897. The van der Waals surface area contributed by atoms with E-state index in [1.54, 1.807) is 12.1 Å². The highest BCUT2D eigenvalue weighted by Gasteiger charge is 2.06. The SMILES string of the molecule is COc1ccc2c(F)c(F)ccc2c1. The first kappa shape index (κ1) is 8.94. The molecule has 0 heterocycles. The van der Waals surface area contributed by atoms with Crippen LogP contribution >= 0.6 is 0 Å². The minimum Gasteiger partial charge on any atom is -0.497 e. The van der Waals surface area contributed by atoms with Gasteiger partial charge < -0.3 is 4.74 Å². The molecule has 0 aliphatic carbocycles. The Kier molecular flexibility index (Phi) is 2.08. The van der Waals surface area contributed by atoms with Crippen LogP contribution in [0.15, 0.2) is 30.3 Å². The van der Waals surface area contributed by atoms with E-state index >= 15 is 0 Å². The van der Waals surface area contributed by atoms with E-state index in [9.17, 15) is 8.78 Å². The van der Waals surface area contributed by atoms with E-state index in [0.29, 0.717) is 11.1 Å². The summed E-state index contributed by atoms with van der Waals surface area (Å²) in [6.07, 6.45) is 0. The quantitative estimate of drug-likeness (QED) is 0.677. The van der Waals surface area contributed by atoms with Gasteiger partial charge in [0.1, 0.15) is 5.75 Å². The van der Waals surface area contributed by atoms with Crippen molar-refractivity contribution >= 4 is 10.8 Å². The average Bonchev–Trinajstić information content (AvgIpc) is 2.23. The summed E-state index contributed by atoms with van der Waals surface area (Å²) in [6, 6.07) is 7.41. The molecule has 0 aromatic heterocycles. The molecule has 0 atom stereocenters. The van der Waals surface area contributed by atoms with Crippen LogP contribution in [0.3, 0.4) is 0 Å². The first-order chi connectivity index (χ1) is 6.72. The monoisotopic (exact) mass is 194 g/mol. The molecular weight excluding hydrogens is 186 g/mol. The molecule has 0 aliphatic rings. The number of benzene rings is 2. The highest BCUT2D eigenvalue weighted by atomic mass is 19.2. The lowest BCUT2D eigenvalue weighted by molar-refractivity contribution is 0.415. The molecule has 14 heavy (non-hydrogen) atoms. The van der Waals surface area contributed by atoms with Gasteiger partial charge in [-0.25, -0.2) is 8.78 Å². The maximum absolute atomic E-state index is 13.2. The summed E-state index contributed by atoms with van der Waals surface area (Å²) in [5.41, 5.74) is 0. The summed E-state index contributed by atoms with van der Waals surface area (Å²) in [4.78, 5) is 0. The van der Waals surface area contributed by atoms with Crippen LogP contribution in [0.2, 0.25) is 0 Å². The second-order valence-electron chi connectivity index (χ2n) is 2.95. The fourth-order valence-electron chi connectivity index (χ4n) is 1.37. The predicted octanol–water partition coefficient (Wildman–Crippen LogP) is 3.13. The molecule has 0 saturated carbocycles. The van der Waals surface area contributed by atoms with Crippen LogP contribution in [0.4, 0.5) is 8.78 Å². The fraction of sp³-hybridized carbons (Fsp3) is 0.0909. The number of halogens is 2. The average molecular weight is 194 g/mol. The molecule has 0 N–H and O–H groups in total. The Balaban J connectivity index is 2.74. The highest BCUT2D eigenvalue weighted by molar-refractivity contribution is 5.84. The van der Waals surface area contributed by atoms with Crippen LogP contribution in [0.5, 0.6) is 5.75 Å². The molecule has 0 unspecified atom stereocenters. The van der Waals surface area contributed by atoms with Gasteiger partial charge in [0.15, 0.2) is 11.6 Å². The summed E-state index contributed by atoms with van der Waals surface area (Å²) in [5.74, 6) is -1.02. The largest absolute Gasteiger partial charge is 0.497 e. The van der Waals surface area contributed by atoms with Crippen LogP contribution in [-0.4, -0.2) is 7.11 Å². The molecule has 0 amide bonds. The van der Waals surface area contributed by atoms with Crippen molar-refractivity contribution in [3.63, 3.8) is 0 Å². The summed E-state index contributed by atoms with van der Waals surface area (Å²) >= 11 is 0. The first-order valence-corrected chi connectivity index (χ1v) is 4.14. The number of ether oxygens (including phenoxy) is 1. The van der Waals surface area contributed by atoms with E-state index in [-0.39, 0.29) is 5.39 Å². The molecular formula is C11H8F2O. The van der Waals surface area contributed by atoms with Gasteiger partial charge in [-0.2, -0.15) is 0 Å². The molecule has 0 aliphatic heterocycles. The first-order valence-electron chi connectivity index (χ1n) is 4.14. The maximum Gasteiger partial charge on any atom is 0.166 e. The second kappa shape index (κ2) is 3.25. The lowest BCUT2D eigenvalue weighted by Gasteiger charge is -2.03. The summed E-state index contributed by atoms with van der Waals surface area (Å²) in [6.45, 7) is 0. The van der Waals surface area contributed by atoms with Crippen molar-refractivity contribution in [3.8, 4) is 5.75 Å². The molecule has 0 spiro atoms. The van der Waals surface area contributed by atoms with Gasteiger partial charge in [-0.1, -0.05) is 6.07 Å². The van der Waals surface area contributed by atoms with Crippen LogP contribution in [-0.2, 0) is 0 Å². The molecule has 2 aromatic rings. The molecule has 0 bridgehead atoms. The lowest BCUT2D eigenvalue weighted by atomic mass is 10.1. The molecule has 72 valence electrons. The van der Waals surface area contributed by atoms with Gasteiger partial charge in [0, 0.05) is 5.39 Å². The lowest BCUT2D eigenvalue weighted by Crippen LogP contribution is -1.87. The van der Waals surface area contributed by atoms with E-state index in [0.717, 1.165) is 6.07 Å². The van der Waals surface area contributed by atoms with Gasteiger partial charge in [0.25, 0.3) is 0 Å². The van der Waals surface area contributed by atoms with Crippen molar-refractivity contribution in [1.82, 2.24) is 0 Å². The predicted molar refractivity (Wildman–Crippen MR) is 50.4 cm³/mol. The molecule has 0 saturated heterocycles. The Hall–Kier alpha value is -1.64. The van der Waals surface area contributed by atoms with E-state index in [1.807, 2.05) is 0 Å². The Bertz CT molecular complexity index is 480. The Morgan fingerprint density at radius 1 is 1.07 bits per heavy atom. The van der Waals surface area contributed by atoms with Gasteiger partial charge in [-0.15, -0.1) is 0 Å². The van der Waals surface area contributed by atoms with Crippen molar-refractivity contribution in [2.24, 2.45) is 0 Å². The number of fused-ring (bicyclic) bond motifs is 1. The van der Waals surface area contributed by atoms with Gasteiger partial charge in [-0.05, 0) is 29.7 Å². The zero-order valence-corrected chi connectivity index (χ0v) is 7.55. The topological polar surface area (TPSA) is 9.23 Å².